The van der Waals surface area contributed by atoms with Crippen molar-refractivity contribution in [2.75, 3.05) is 12.8 Å². The van der Waals surface area contributed by atoms with E-state index in [4.69, 9.17) is 0 Å². The number of nitrogens with zero attached hydrogens (tertiary/aromatic N) is 3. The van der Waals surface area contributed by atoms with Gasteiger partial charge in [-0.25, -0.2) is 27.2 Å². The van der Waals surface area contributed by atoms with Crippen LogP contribution in [0.5, 0.6) is 0 Å². The van der Waals surface area contributed by atoms with E-state index in [0.29, 0.717) is 23.8 Å². The van der Waals surface area contributed by atoms with E-state index in [1.807, 2.05) is 30.3 Å². The lowest BCUT2D eigenvalue weighted by Gasteiger charge is -2.06. The maximum Gasteiger partial charge on any atom is 0.208 e. The van der Waals surface area contributed by atoms with Gasteiger partial charge < -0.3 is 0 Å². The Morgan fingerprint density at radius 1 is 1.08 bits per heavy atom. The third kappa shape index (κ3) is 4.49. The van der Waals surface area contributed by atoms with Crippen molar-refractivity contribution in [3.05, 3.63) is 66.2 Å². The quantitative estimate of drug-likeness (QED) is 0.731. The monoisotopic (exact) mass is 360 g/mol. The summed E-state index contributed by atoms with van der Waals surface area (Å²) in [7, 11) is -3.28. The Kier molecular flexibility index (Phi) is 4.91. The molecule has 0 saturated heterocycles. The number of hydrogen-bond donors (Lipinski definition) is 1. The predicted octanol–water partition coefficient (Wildman–Crippen LogP) is 2.17. The van der Waals surface area contributed by atoms with Crippen molar-refractivity contribution in [3.8, 4) is 17.1 Å². The Morgan fingerprint density at radius 2 is 1.76 bits per heavy atom. The number of rotatable bonds is 6. The van der Waals surface area contributed by atoms with Crippen molar-refractivity contribution in [1.29, 1.82) is 0 Å². The average molecular weight is 360 g/mol. The van der Waals surface area contributed by atoms with Gasteiger partial charge in [-0.1, -0.05) is 30.3 Å². The lowest BCUT2D eigenvalue weighted by molar-refractivity contribution is 0.586. The molecule has 0 radical (unpaired) electrons. The topological polar surface area (TPSA) is 76.9 Å². The lowest BCUT2D eigenvalue weighted by Crippen LogP contribution is -2.25. The smallest absolute Gasteiger partial charge is 0.208 e. The molecule has 0 atom stereocenters. The molecule has 0 aliphatic carbocycles. The molecule has 3 aromatic rings. The summed E-state index contributed by atoms with van der Waals surface area (Å²) in [6.45, 7) is 0.201. The first-order chi connectivity index (χ1) is 11.9. The van der Waals surface area contributed by atoms with Crippen LogP contribution in [0.2, 0.25) is 0 Å². The number of benzene rings is 2. The third-order valence-electron chi connectivity index (χ3n) is 3.49. The van der Waals surface area contributed by atoms with Crippen molar-refractivity contribution in [2.24, 2.45) is 0 Å². The number of aromatic nitrogens is 3. The maximum atomic E-state index is 13.2. The Morgan fingerprint density at radius 3 is 2.40 bits per heavy atom. The summed E-state index contributed by atoms with van der Waals surface area (Å²) >= 11 is 0. The van der Waals surface area contributed by atoms with Crippen molar-refractivity contribution >= 4 is 10.0 Å². The van der Waals surface area contributed by atoms with Gasteiger partial charge >= 0.3 is 0 Å². The molecule has 1 heterocycles. The molecule has 0 aliphatic rings. The average Bonchev–Trinajstić information content (AvgIpc) is 2.99. The molecule has 6 nitrogen and oxygen atoms in total. The number of nitrogens with one attached hydrogen (secondary N) is 1. The van der Waals surface area contributed by atoms with Crippen LogP contribution in [0.1, 0.15) is 5.82 Å². The summed E-state index contributed by atoms with van der Waals surface area (Å²) in [5.41, 5.74) is 1.51. The van der Waals surface area contributed by atoms with Crippen LogP contribution in [-0.2, 0) is 16.4 Å². The number of hydrogen-bond acceptors (Lipinski definition) is 4. The summed E-state index contributed by atoms with van der Waals surface area (Å²) in [5.74, 6) is 0.772. The second kappa shape index (κ2) is 7.12. The zero-order valence-corrected chi connectivity index (χ0v) is 14.4. The van der Waals surface area contributed by atoms with E-state index in [0.717, 1.165) is 11.8 Å². The minimum absolute atomic E-state index is 0.201. The normalized spacial score (nSPS) is 11.6. The number of halogens is 1. The van der Waals surface area contributed by atoms with Crippen LogP contribution in [0, 0.1) is 5.82 Å². The van der Waals surface area contributed by atoms with E-state index in [1.165, 1.54) is 12.1 Å². The zero-order chi connectivity index (χ0) is 17.9. The molecule has 0 saturated carbocycles. The van der Waals surface area contributed by atoms with Gasteiger partial charge in [0.15, 0.2) is 5.82 Å². The molecular formula is C17H17FN4O2S. The molecule has 0 spiro atoms. The van der Waals surface area contributed by atoms with Gasteiger partial charge in [0.2, 0.25) is 10.0 Å². The van der Waals surface area contributed by atoms with Gasteiger partial charge in [-0.2, -0.15) is 0 Å². The first kappa shape index (κ1) is 17.2. The molecule has 130 valence electrons. The van der Waals surface area contributed by atoms with E-state index in [1.54, 1.807) is 16.8 Å². The summed E-state index contributed by atoms with van der Waals surface area (Å²) in [6.07, 6.45) is 1.46. The first-order valence-corrected chi connectivity index (χ1v) is 9.53. The fourth-order valence-electron chi connectivity index (χ4n) is 2.35. The minimum Gasteiger partial charge on any atom is -0.217 e. The van der Waals surface area contributed by atoms with Gasteiger partial charge in [0.1, 0.15) is 11.6 Å². The fraction of sp³-hybridized carbons (Fsp3) is 0.176. The van der Waals surface area contributed by atoms with Crippen LogP contribution in [0.4, 0.5) is 4.39 Å². The Balaban J connectivity index is 1.95. The highest BCUT2D eigenvalue weighted by molar-refractivity contribution is 7.88. The summed E-state index contributed by atoms with van der Waals surface area (Å²) < 4.78 is 39.7. The van der Waals surface area contributed by atoms with Crippen LogP contribution in [0.3, 0.4) is 0 Å². The van der Waals surface area contributed by atoms with E-state index in [2.05, 4.69) is 14.8 Å². The standard InChI is InChI=1S/C17H17FN4O2S/c1-25(23,24)19-12-11-16-20-17(13-5-3-2-4-6-13)21-22(16)15-9-7-14(18)8-10-15/h2-10,19H,11-12H2,1H3. The summed E-state index contributed by atoms with van der Waals surface area (Å²) in [5, 5.41) is 4.50. The molecule has 3 rings (SSSR count). The Bertz CT molecular complexity index is 954. The molecule has 25 heavy (non-hydrogen) atoms. The van der Waals surface area contributed by atoms with Crippen LogP contribution >= 0.6 is 0 Å². The summed E-state index contributed by atoms with van der Waals surface area (Å²) in [6, 6.07) is 15.4. The minimum atomic E-state index is -3.28. The largest absolute Gasteiger partial charge is 0.217 e. The lowest BCUT2D eigenvalue weighted by atomic mass is 10.2. The van der Waals surface area contributed by atoms with E-state index >= 15 is 0 Å². The van der Waals surface area contributed by atoms with Crippen LogP contribution in [0.25, 0.3) is 17.1 Å². The van der Waals surface area contributed by atoms with Gasteiger partial charge in [0, 0.05) is 18.5 Å². The highest BCUT2D eigenvalue weighted by atomic mass is 32.2. The number of sulfonamides is 1. The van der Waals surface area contributed by atoms with E-state index in [-0.39, 0.29) is 12.4 Å². The highest BCUT2D eigenvalue weighted by Crippen LogP contribution is 2.18. The second-order valence-electron chi connectivity index (χ2n) is 5.52. The zero-order valence-electron chi connectivity index (χ0n) is 13.6. The summed E-state index contributed by atoms with van der Waals surface area (Å²) in [4.78, 5) is 4.52. The van der Waals surface area contributed by atoms with E-state index < -0.39 is 10.0 Å². The van der Waals surface area contributed by atoms with Gasteiger partial charge in [0.05, 0.1) is 11.9 Å². The first-order valence-electron chi connectivity index (χ1n) is 7.64. The fourth-order valence-corrected chi connectivity index (χ4v) is 2.83. The molecule has 1 aromatic heterocycles. The Hall–Kier alpha value is -2.58. The Labute approximate surface area is 145 Å². The second-order valence-corrected chi connectivity index (χ2v) is 7.36. The molecule has 0 fully saturated rings. The van der Waals surface area contributed by atoms with Crippen molar-refractivity contribution in [3.63, 3.8) is 0 Å². The molecule has 0 bridgehead atoms. The third-order valence-corrected chi connectivity index (χ3v) is 4.22. The van der Waals surface area contributed by atoms with Gasteiger partial charge in [-0.05, 0) is 24.3 Å². The van der Waals surface area contributed by atoms with Crippen molar-refractivity contribution in [2.45, 2.75) is 6.42 Å². The molecule has 8 heteroatoms. The molecular weight excluding hydrogens is 343 g/mol. The van der Waals surface area contributed by atoms with Gasteiger partial charge in [0.25, 0.3) is 0 Å². The maximum absolute atomic E-state index is 13.2. The molecule has 0 amide bonds. The van der Waals surface area contributed by atoms with Crippen LogP contribution in [-0.4, -0.2) is 36.0 Å². The molecule has 1 N–H and O–H groups in total. The molecule has 0 aliphatic heterocycles. The van der Waals surface area contributed by atoms with Gasteiger partial charge in [-0.3, -0.25) is 0 Å². The van der Waals surface area contributed by atoms with Crippen molar-refractivity contribution in [1.82, 2.24) is 19.5 Å². The van der Waals surface area contributed by atoms with Crippen molar-refractivity contribution < 1.29 is 12.8 Å². The molecule has 0 unspecified atom stereocenters. The molecule has 2 aromatic carbocycles. The van der Waals surface area contributed by atoms with E-state index in [9.17, 15) is 12.8 Å². The van der Waals surface area contributed by atoms with Gasteiger partial charge in [-0.15, -0.1) is 5.10 Å². The SMILES string of the molecule is CS(=O)(=O)NCCc1nc(-c2ccccc2)nn1-c1ccc(F)cc1. The van der Waals surface area contributed by atoms with Crippen LogP contribution < -0.4 is 4.72 Å². The highest BCUT2D eigenvalue weighted by Gasteiger charge is 2.13. The predicted molar refractivity (Wildman–Crippen MR) is 93.3 cm³/mol. The van der Waals surface area contributed by atoms with Crippen LogP contribution in [0.15, 0.2) is 54.6 Å².